The van der Waals surface area contributed by atoms with Crippen LogP contribution in [0.4, 0.5) is 0 Å². The highest BCUT2D eigenvalue weighted by molar-refractivity contribution is 6.30. The van der Waals surface area contributed by atoms with Gasteiger partial charge in [0.25, 0.3) is 0 Å². The third-order valence-corrected chi connectivity index (χ3v) is 5.86. The van der Waals surface area contributed by atoms with Gasteiger partial charge in [-0.15, -0.1) is 0 Å². The number of hydrogen-bond donors (Lipinski definition) is 0. The predicted molar refractivity (Wildman–Crippen MR) is 118 cm³/mol. The molecule has 3 atom stereocenters. The number of ether oxygens (including phenoxy) is 4. The highest BCUT2D eigenvalue weighted by Crippen LogP contribution is 2.44. The van der Waals surface area contributed by atoms with Gasteiger partial charge in [-0.05, 0) is 35.8 Å². The van der Waals surface area contributed by atoms with Crippen LogP contribution in [0.5, 0.6) is 0 Å². The van der Waals surface area contributed by atoms with Crippen molar-refractivity contribution in [2.24, 2.45) is 11.8 Å². The predicted octanol–water partition coefficient (Wildman–Crippen LogP) is 4.69. The molecule has 0 fully saturated rings. The Hall–Kier alpha value is -3.09. The number of fused-ring (bicyclic) bond motifs is 1. The molecule has 0 radical (unpaired) electrons. The zero-order chi connectivity index (χ0) is 22.5. The van der Waals surface area contributed by atoms with Gasteiger partial charge in [0.2, 0.25) is 6.29 Å². The lowest BCUT2D eigenvalue weighted by Crippen LogP contribution is -2.37. The first-order valence-electron chi connectivity index (χ1n) is 10.3. The largest absolute Gasteiger partial charge is 0.471 e. The van der Waals surface area contributed by atoms with Crippen molar-refractivity contribution < 1.29 is 28.5 Å². The number of carbonyl (C=O) groups is 2. The normalized spacial score (nSPS) is 21.6. The van der Waals surface area contributed by atoms with E-state index >= 15 is 0 Å². The number of hydrogen-bond acceptors (Lipinski definition) is 6. The minimum Gasteiger partial charge on any atom is -0.471 e. The lowest BCUT2D eigenvalue weighted by Gasteiger charge is -2.34. The number of esters is 2. The first-order chi connectivity index (χ1) is 15.6. The Morgan fingerprint density at radius 1 is 1.06 bits per heavy atom. The summed E-state index contributed by atoms with van der Waals surface area (Å²) < 4.78 is 22.3. The average Bonchev–Trinajstić information content (AvgIpc) is 3.25. The molecule has 0 N–H and O–H groups in total. The number of methoxy groups -OCH3 is 1. The Labute approximate surface area is 191 Å². The van der Waals surface area contributed by atoms with Gasteiger partial charge in [0.1, 0.15) is 6.61 Å². The lowest BCUT2D eigenvalue weighted by atomic mass is 9.83. The van der Waals surface area contributed by atoms with Gasteiger partial charge >= 0.3 is 11.9 Å². The van der Waals surface area contributed by atoms with Crippen LogP contribution in [0.1, 0.15) is 22.3 Å². The molecule has 1 aliphatic heterocycles. The van der Waals surface area contributed by atoms with Crippen molar-refractivity contribution in [1.82, 2.24) is 0 Å². The van der Waals surface area contributed by atoms with Crippen LogP contribution in [-0.4, -0.2) is 31.9 Å². The Balaban J connectivity index is 1.48. The lowest BCUT2D eigenvalue weighted by molar-refractivity contribution is -0.161. The standard InChI is InChI=1S/C25H23ClO6/c1-29-24(28)21-15-32-25(31-13-16-6-3-2-4-7-16)22-18(10-11-20(21)22)14-30-23(27)17-8-5-9-19(26)12-17/h2-10,12,15,20,22,25H,11,13-14H2,1H3/t20-,22-,25-/m1/s1. The summed E-state index contributed by atoms with van der Waals surface area (Å²) in [5.41, 5.74) is 2.67. The zero-order valence-electron chi connectivity index (χ0n) is 17.5. The SMILES string of the molecule is COC(=O)C1=CO[C@@H](OCc2ccccc2)[C@@H]2C(COC(=O)c3cccc(Cl)c3)=CC[C@H]12. The highest BCUT2D eigenvalue weighted by atomic mass is 35.5. The molecular formula is C25H23ClO6. The van der Waals surface area contributed by atoms with E-state index in [4.69, 9.17) is 30.5 Å². The van der Waals surface area contributed by atoms with Crippen LogP contribution < -0.4 is 0 Å². The quantitative estimate of drug-likeness (QED) is 0.446. The maximum Gasteiger partial charge on any atom is 0.338 e. The molecule has 166 valence electrons. The number of halogens is 1. The van der Waals surface area contributed by atoms with Gasteiger partial charge in [0, 0.05) is 10.9 Å². The summed E-state index contributed by atoms with van der Waals surface area (Å²) in [6.45, 7) is 0.418. The van der Waals surface area contributed by atoms with E-state index < -0.39 is 18.2 Å². The van der Waals surface area contributed by atoms with Gasteiger partial charge in [-0.3, -0.25) is 0 Å². The molecule has 1 aliphatic carbocycles. The molecule has 0 spiro atoms. The summed E-state index contributed by atoms with van der Waals surface area (Å²) in [4.78, 5) is 24.7. The second-order valence-electron chi connectivity index (χ2n) is 7.60. The van der Waals surface area contributed by atoms with Crippen LogP contribution in [0.3, 0.4) is 0 Å². The summed E-state index contributed by atoms with van der Waals surface area (Å²) in [6, 6.07) is 16.3. The Bertz CT molecular complexity index is 1050. The van der Waals surface area contributed by atoms with Crippen LogP contribution in [0.2, 0.25) is 5.02 Å². The summed E-state index contributed by atoms with van der Waals surface area (Å²) in [7, 11) is 1.34. The summed E-state index contributed by atoms with van der Waals surface area (Å²) in [5.74, 6) is -1.35. The minimum absolute atomic E-state index is 0.0650. The fraction of sp³-hybridized carbons (Fsp3) is 0.280. The van der Waals surface area contributed by atoms with Gasteiger partial charge in [0.05, 0.1) is 37.0 Å². The van der Waals surface area contributed by atoms with E-state index in [9.17, 15) is 9.59 Å². The van der Waals surface area contributed by atoms with Crippen molar-refractivity contribution in [2.45, 2.75) is 19.3 Å². The Morgan fingerprint density at radius 3 is 2.62 bits per heavy atom. The molecule has 0 amide bonds. The second-order valence-corrected chi connectivity index (χ2v) is 8.04. The van der Waals surface area contributed by atoms with Crippen molar-refractivity contribution in [2.75, 3.05) is 13.7 Å². The molecule has 4 rings (SSSR count). The molecule has 0 aromatic heterocycles. The maximum atomic E-state index is 12.5. The maximum absolute atomic E-state index is 12.5. The molecular weight excluding hydrogens is 432 g/mol. The molecule has 1 heterocycles. The molecule has 32 heavy (non-hydrogen) atoms. The molecule has 0 saturated carbocycles. The van der Waals surface area contributed by atoms with Gasteiger partial charge in [0.15, 0.2) is 0 Å². The first kappa shape index (κ1) is 22.1. The van der Waals surface area contributed by atoms with E-state index in [0.29, 0.717) is 29.2 Å². The molecule has 2 aromatic carbocycles. The van der Waals surface area contributed by atoms with E-state index in [0.717, 1.165) is 11.1 Å². The number of carbonyl (C=O) groups excluding carboxylic acids is 2. The van der Waals surface area contributed by atoms with Crippen LogP contribution >= 0.6 is 11.6 Å². The third kappa shape index (κ3) is 4.87. The van der Waals surface area contributed by atoms with E-state index in [-0.39, 0.29) is 18.4 Å². The molecule has 7 heteroatoms. The van der Waals surface area contributed by atoms with Gasteiger partial charge in [-0.1, -0.05) is 54.1 Å². The molecule has 0 unspecified atom stereocenters. The molecule has 6 nitrogen and oxygen atoms in total. The monoisotopic (exact) mass is 454 g/mol. The topological polar surface area (TPSA) is 71.1 Å². The average molecular weight is 455 g/mol. The first-order valence-corrected chi connectivity index (χ1v) is 10.7. The fourth-order valence-electron chi connectivity index (χ4n) is 4.03. The van der Waals surface area contributed by atoms with Crippen LogP contribution in [0.25, 0.3) is 0 Å². The number of rotatable bonds is 7. The second kappa shape index (κ2) is 10.0. The number of benzene rings is 2. The highest BCUT2D eigenvalue weighted by Gasteiger charge is 2.45. The summed E-state index contributed by atoms with van der Waals surface area (Å²) >= 11 is 5.97. The van der Waals surface area contributed by atoms with E-state index in [1.54, 1.807) is 24.3 Å². The Kier molecular flexibility index (Phi) is 6.93. The van der Waals surface area contributed by atoms with Crippen molar-refractivity contribution >= 4 is 23.5 Å². The van der Waals surface area contributed by atoms with Crippen molar-refractivity contribution in [3.8, 4) is 0 Å². The van der Waals surface area contributed by atoms with E-state index in [1.165, 1.54) is 13.4 Å². The molecule has 0 saturated heterocycles. The zero-order valence-corrected chi connectivity index (χ0v) is 18.3. The van der Waals surface area contributed by atoms with Crippen molar-refractivity contribution in [3.05, 3.63) is 94.2 Å². The molecule has 2 aliphatic rings. The van der Waals surface area contributed by atoms with Crippen molar-refractivity contribution in [1.29, 1.82) is 0 Å². The fourth-order valence-corrected chi connectivity index (χ4v) is 4.22. The van der Waals surface area contributed by atoms with Crippen LogP contribution in [-0.2, 0) is 30.3 Å². The van der Waals surface area contributed by atoms with Crippen LogP contribution in [0.15, 0.2) is 78.1 Å². The third-order valence-electron chi connectivity index (χ3n) is 5.63. The van der Waals surface area contributed by atoms with Gasteiger partial charge < -0.3 is 18.9 Å². The van der Waals surface area contributed by atoms with E-state index in [1.807, 2.05) is 36.4 Å². The van der Waals surface area contributed by atoms with Gasteiger partial charge in [-0.2, -0.15) is 0 Å². The van der Waals surface area contributed by atoms with Crippen LogP contribution in [0, 0.1) is 11.8 Å². The molecule has 2 aromatic rings. The minimum atomic E-state index is -0.618. The number of allylic oxidation sites excluding steroid dienone is 1. The summed E-state index contributed by atoms with van der Waals surface area (Å²) in [5, 5.41) is 0.461. The Morgan fingerprint density at radius 2 is 1.88 bits per heavy atom. The molecule has 0 bridgehead atoms. The van der Waals surface area contributed by atoms with Crippen molar-refractivity contribution in [3.63, 3.8) is 0 Å². The van der Waals surface area contributed by atoms with Gasteiger partial charge in [-0.25, -0.2) is 9.59 Å². The smallest absolute Gasteiger partial charge is 0.338 e. The van der Waals surface area contributed by atoms with E-state index in [2.05, 4.69) is 0 Å². The summed E-state index contributed by atoms with van der Waals surface area (Å²) in [6.07, 6.45) is 3.39.